The number of hydrogen-bond donors (Lipinski definition) is 1. The largest absolute Gasteiger partial charge is 0.335 e. The molecular weight excluding hydrogens is 260 g/mol. The van der Waals surface area contributed by atoms with Crippen LogP contribution in [0.5, 0.6) is 0 Å². The van der Waals surface area contributed by atoms with E-state index in [0.717, 1.165) is 12.0 Å². The van der Waals surface area contributed by atoms with E-state index in [1.54, 1.807) is 0 Å². The van der Waals surface area contributed by atoms with E-state index in [-0.39, 0.29) is 30.3 Å². The van der Waals surface area contributed by atoms with Crippen LogP contribution in [0.2, 0.25) is 0 Å². The number of amides is 1. The molecule has 0 saturated carbocycles. The zero-order valence-corrected chi connectivity index (χ0v) is 12.8. The summed E-state index contributed by atoms with van der Waals surface area (Å²) in [6.45, 7) is 7.15. The SMILES string of the molecule is CCC(C)N(Cc1ccccc1)C(=O)C(C)CN.Cl. The third-order valence-corrected chi connectivity index (χ3v) is 3.38. The molecule has 2 unspecified atom stereocenters. The molecule has 4 heteroatoms. The normalized spacial score (nSPS) is 13.3. The summed E-state index contributed by atoms with van der Waals surface area (Å²) in [5.74, 6) is 0.0402. The highest BCUT2D eigenvalue weighted by atomic mass is 35.5. The summed E-state index contributed by atoms with van der Waals surface area (Å²) >= 11 is 0. The molecule has 0 fully saturated rings. The molecule has 0 aliphatic carbocycles. The summed E-state index contributed by atoms with van der Waals surface area (Å²) in [4.78, 5) is 14.3. The lowest BCUT2D eigenvalue weighted by atomic mass is 10.1. The van der Waals surface area contributed by atoms with Crippen LogP contribution in [0, 0.1) is 5.92 Å². The van der Waals surface area contributed by atoms with Crippen molar-refractivity contribution in [3.63, 3.8) is 0 Å². The molecule has 0 heterocycles. The van der Waals surface area contributed by atoms with Crippen molar-refractivity contribution >= 4 is 18.3 Å². The van der Waals surface area contributed by atoms with Crippen molar-refractivity contribution < 1.29 is 4.79 Å². The minimum Gasteiger partial charge on any atom is -0.335 e. The first kappa shape index (κ1) is 17.9. The first-order chi connectivity index (χ1) is 8.60. The molecule has 2 atom stereocenters. The summed E-state index contributed by atoms with van der Waals surface area (Å²) < 4.78 is 0. The number of carbonyl (C=O) groups excluding carboxylic acids is 1. The monoisotopic (exact) mass is 284 g/mol. The van der Waals surface area contributed by atoms with E-state index in [2.05, 4.69) is 26.0 Å². The van der Waals surface area contributed by atoms with Crippen LogP contribution in [0.4, 0.5) is 0 Å². The highest BCUT2D eigenvalue weighted by molar-refractivity contribution is 5.85. The van der Waals surface area contributed by atoms with E-state index in [0.29, 0.717) is 13.1 Å². The lowest BCUT2D eigenvalue weighted by molar-refractivity contribution is -0.137. The third kappa shape index (κ3) is 5.21. The highest BCUT2D eigenvalue weighted by Crippen LogP contribution is 2.14. The second-order valence-corrected chi connectivity index (χ2v) is 4.85. The van der Waals surface area contributed by atoms with Gasteiger partial charge in [0.15, 0.2) is 0 Å². The topological polar surface area (TPSA) is 46.3 Å². The van der Waals surface area contributed by atoms with Gasteiger partial charge < -0.3 is 10.6 Å². The average Bonchev–Trinajstić information content (AvgIpc) is 2.43. The minimum absolute atomic E-state index is 0. The Hall–Kier alpha value is -1.06. The van der Waals surface area contributed by atoms with Crippen molar-refractivity contribution in [2.45, 2.75) is 39.8 Å². The molecule has 0 aromatic heterocycles. The summed E-state index contributed by atoms with van der Waals surface area (Å²) in [7, 11) is 0. The molecule has 3 nitrogen and oxygen atoms in total. The van der Waals surface area contributed by atoms with Gasteiger partial charge in [-0.05, 0) is 18.9 Å². The zero-order valence-electron chi connectivity index (χ0n) is 12.0. The number of rotatable bonds is 6. The summed E-state index contributed by atoms with van der Waals surface area (Å²) in [6.07, 6.45) is 0.954. The number of hydrogen-bond acceptors (Lipinski definition) is 2. The van der Waals surface area contributed by atoms with Crippen LogP contribution in [-0.4, -0.2) is 23.4 Å². The van der Waals surface area contributed by atoms with Crippen LogP contribution in [0.15, 0.2) is 30.3 Å². The Labute approximate surface area is 122 Å². The van der Waals surface area contributed by atoms with Gasteiger partial charge in [-0.2, -0.15) is 0 Å². The van der Waals surface area contributed by atoms with Gasteiger partial charge in [0.2, 0.25) is 5.91 Å². The minimum atomic E-state index is -0.109. The fourth-order valence-electron chi connectivity index (χ4n) is 1.84. The zero-order chi connectivity index (χ0) is 13.5. The predicted molar refractivity (Wildman–Crippen MR) is 82.2 cm³/mol. The fourth-order valence-corrected chi connectivity index (χ4v) is 1.84. The number of halogens is 1. The molecule has 1 aromatic carbocycles. The Morgan fingerprint density at radius 1 is 1.26 bits per heavy atom. The fraction of sp³-hybridized carbons (Fsp3) is 0.533. The van der Waals surface area contributed by atoms with Gasteiger partial charge in [-0.3, -0.25) is 4.79 Å². The Morgan fingerprint density at radius 2 is 1.84 bits per heavy atom. The molecule has 1 amide bonds. The molecule has 0 bridgehead atoms. The summed E-state index contributed by atoms with van der Waals surface area (Å²) in [6, 6.07) is 10.3. The molecule has 108 valence electrons. The molecule has 2 N–H and O–H groups in total. The molecule has 1 rings (SSSR count). The van der Waals surface area contributed by atoms with Crippen LogP contribution in [0.25, 0.3) is 0 Å². The van der Waals surface area contributed by atoms with E-state index < -0.39 is 0 Å². The van der Waals surface area contributed by atoms with E-state index in [9.17, 15) is 4.79 Å². The van der Waals surface area contributed by atoms with Crippen molar-refractivity contribution in [1.29, 1.82) is 0 Å². The van der Waals surface area contributed by atoms with Gasteiger partial charge in [-0.1, -0.05) is 44.2 Å². The predicted octanol–water partition coefficient (Wildman–Crippen LogP) is 2.83. The van der Waals surface area contributed by atoms with Gasteiger partial charge in [-0.25, -0.2) is 0 Å². The number of nitrogens with two attached hydrogens (primary N) is 1. The Bertz CT molecular complexity index is 370. The van der Waals surface area contributed by atoms with Crippen LogP contribution < -0.4 is 5.73 Å². The van der Waals surface area contributed by atoms with Crippen LogP contribution in [-0.2, 0) is 11.3 Å². The molecule has 0 radical (unpaired) electrons. The van der Waals surface area contributed by atoms with E-state index in [1.165, 1.54) is 0 Å². The van der Waals surface area contributed by atoms with Crippen molar-refractivity contribution in [1.82, 2.24) is 4.90 Å². The lowest BCUT2D eigenvalue weighted by Gasteiger charge is -2.31. The maximum absolute atomic E-state index is 12.3. The Kier molecular flexibility index (Phi) is 8.44. The molecule has 0 spiro atoms. The summed E-state index contributed by atoms with van der Waals surface area (Å²) in [5, 5.41) is 0. The van der Waals surface area contributed by atoms with Crippen LogP contribution >= 0.6 is 12.4 Å². The standard InChI is InChI=1S/C15H24N2O.ClH/c1-4-13(3)17(15(18)12(2)10-16)11-14-8-6-5-7-9-14;/h5-9,12-13H,4,10-11,16H2,1-3H3;1H. The second-order valence-electron chi connectivity index (χ2n) is 4.85. The number of carbonyl (C=O) groups is 1. The van der Waals surface area contributed by atoms with E-state index in [4.69, 9.17) is 5.73 Å². The van der Waals surface area contributed by atoms with E-state index in [1.807, 2.05) is 30.0 Å². The Balaban J connectivity index is 0.00000324. The molecule has 0 saturated heterocycles. The number of benzene rings is 1. The molecule has 0 aliphatic heterocycles. The molecular formula is C15H25ClN2O. The average molecular weight is 285 g/mol. The first-order valence-corrected chi connectivity index (χ1v) is 6.64. The summed E-state index contributed by atoms with van der Waals surface area (Å²) in [5.41, 5.74) is 6.76. The van der Waals surface area contributed by atoms with Gasteiger partial charge in [-0.15, -0.1) is 12.4 Å². The molecule has 19 heavy (non-hydrogen) atoms. The van der Waals surface area contributed by atoms with Gasteiger partial charge in [0, 0.05) is 25.0 Å². The van der Waals surface area contributed by atoms with Gasteiger partial charge in [0.1, 0.15) is 0 Å². The van der Waals surface area contributed by atoms with Crippen molar-refractivity contribution in [3.8, 4) is 0 Å². The smallest absolute Gasteiger partial charge is 0.227 e. The second kappa shape index (κ2) is 8.94. The van der Waals surface area contributed by atoms with Crippen molar-refractivity contribution in [3.05, 3.63) is 35.9 Å². The van der Waals surface area contributed by atoms with Gasteiger partial charge >= 0.3 is 0 Å². The van der Waals surface area contributed by atoms with E-state index >= 15 is 0 Å². The molecule has 1 aromatic rings. The lowest BCUT2D eigenvalue weighted by Crippen LogP contribution is -2.42. The maximum atomic E-state index is 12.3. The van der Waals surface area contributed by atoms with Gasteiger partial charge in [0.25, 0.3) is 0 Å². The van der Waals surface area contributed by atoms with Crippen molar-refractivity contribution in [2.24, 2.45) is 11.7 Å². The highest BCUT2D eigenvalue weighted by Gasteiger charge is 2.23. The van der Waals surface area contributed by atoms with Crippen molar-refractivity contribution in [2.75, 3.05) is 6.54 Å². The third-order valence-electron chi connectivity index (χ3n) is 3.38. The van der Waals surface area contributed by atoms with Gasteiger partial charge in [0.05, 0.1) is 0 Å². The maximum Gasteiger partial charge on any atom is 0.227 e. The number of nitrogens with zero attached hydrogens (tertiary/aromatic N) is 1. The van der Waals surface area contributed by atoms with Crippen LogP contribution in [0.1, 0.15) is 32.8 Å². The Morgan fingerprint density at radius 3 is 2.32 bits per heavy atom. The molecule has 0 aliphatic rings. The quantitative estimate of drug-likeness (QED) is 0.873. The van der Waals surface area contributed by atoms with Crippen LogP contribution in [0.3, 0.4) is 0 Å². The first-order valence-electron chi connectivity index (χ1n) is 6.64.